The Balaban J connectivity index is 1.49. The summed E-state index contributed by atoms with van der Waals surface area (Å²) >= 11 is 0. The van der Waals surface area contributed by atoms with Crippen LogP contribution in [0, 0.1) is 0 Å². The maximum absolute atomic E-state index is 5.57. The van der Waals surface area contributed by atoms with E-state index in [1.54, 1.807) is 7.11 Å². The van der Waals surface area contributed by atoms with Crippen LogP contribution in [0.15, 0.2) is 67.0 Å². The van der Waals surface area contributed by atoms with Crippen LogP contribution in [0.2, 0.25) is 0 Å². The third-order valence-electron chi connectivity index (χ3n) is 4.00. The number of aromatic nitrogens is 2. The lowest BCUT2D eigenvalue weighted by Crippen LogP contribution is -2.03. The number of hydrogen-bond donors (Lipinski definition) is 1. The average molecular weight is 351 g/mol. The zero-order chi connectivity index (χ0) is 18.0. The minimum atomic E-state index is 0.591. The van der Waals surface area contributed by atoms with E-state index in [-0.39, 0.29) is 0 Å². The Morgan fingerprint density at radius 2 is 1.81 bits per heavy atom. The molecule has 0 saturated heterocycles. The van der Waals surface area contributed by atoms with Crippen LogP contribution in [0.1, 0.15) is 16.7 Å². The number of hydrogen-bond acceptors (Lipinski definition) is 4. The predicted molar refractivity (Wildman–Crippen MR) is 103 cm³/mol. The largest absolute Gasteiger partial charge is 0.382 e. The average Bonchev–Trinajstić information content (AvgIpc) is 3.12. The van der Waals surface area contributed by atoms with E-state index in [0.29, 0.717) is 19.8 Å². The molecule has 0 aliphatic rings. The van der Waals surface area contributed by atoms with Crippen molar-refractivity contribution in [2.24, 2.45) is 0 Å². The van der Waals surface area contributed by atoms with Crippen molar-refractivity contribution in [3.05, 3.63) is 83.7 Å². The molecule has 0 aliphatic heterocycles. The molecule has 136 valence electrons. The van der Waals surface area contributed by atoms with Crippen LogP contribution < -0.4 is 5.32 Å². The van der Waals surface area contributed by atoms with Gasteiger partial charge in [-0.1, -0.05) is 42.5 Å². The standard InChI is InChI=1S/C21H25N3O2/c1-25-10-11-26-17-19-8-5-9-21(12-19)22-13-20-14-23-24(16-20)15-18-6-3-2-4-7-18/h2-9,12,14,16,22H,10-11,13,15,17H2,1H3. The first-order valence-corrected chi connectivity index (χ1v) is 8.78. The summed E-state index contributed by atoms with van der Waals surface area (Å²) in [5.41, 5.74) is 4.62. The molecule has 0 aliphatic carbocycles. The number of nitrogens with zero attached hydrogens (tertiary/aromatic N) is 2. The minimum absolute atomic E-state index is 0.591. The van der Waals surface area contributed by atoms with Crippen LogP contribution in [-0.4, -0.2) is 30.1 Å². The normalized spacial score (nSPS) is 10.8. The van der Waals surface area contributed by atoms with E-state index >= 15 is 0 Å². The van der Waals surface area contributed by atoms with Gasteiger partial charge in [0.2, 0.25) is 0 Å². The summed E-state index contributed by atoms with van der Waals surface area (Å²) in [4.78, 5) is 0. The molecule has 3 rings (SSSR count). The van der Waals surface area contributed by atoms with Crippen molar-refractivity contribution in [1.29, 1.82) is 0 Å². The van der Waals surface area contributed by atoms with Crippen LogP contribution in [0.5, 0.6) is 0 Å². The summed E-state index contributed by atoms with van der Waals surface area (Å²) < 4.78 is 12.5. The number of nitrogens with one attached hydrogen (secondary N) is 1. The summed E-state index contributed by atoms with van der Waals surface area (Å²) in [5.74, 6) is 0. The second kappa shape index (κ2) is 9.75. The van der Waals surface area contributed by atoms with Gasteiger partial charge in [0.15, 0.2) is 0 Å². The molecule has 0 atom stereocenters. The molecule has 5 heteroatoms. The van der Waals surface area contributed by atoms with Crippen LogP contribution in [0.3, 0.4) is 0 Å². The number of benzene rings is 2. The van der Waals surface area contributed by atoms with Gasteiger partial charge in [0.1, 0.15) is 0 Å². The van der Waals surface area contributed by atoms with Gasteiger partial charge in [-0.3, -0.25) is 4.68 Å². The summed E-state index contributed by atoms with van der Waals surface area (Å²) in [6.45, 7) is 3.34. The highest BCUT2D eigenvalue weighted by molar-refractivity contribution is 5.46. The fourth-order valence-corrected chi connectivity index (χ4v) is 2.66. The van der Waals surface area contributed by atoms with Crippen molar-refractivity contribution in [2.45, 2.75) is 19.7 Å². The van der Waals surface area contributed by atoms with E-state index < -0.39 is 0 Å². The monoisotopic (exact) mass is 351 g/mol. The first-order valence-electron chi connectivity index (χ1n) is 8.78. The van der Waals surface area contributed by atoms with Crippen LogP contribution >= 0.6 is 0 Å². The van der Waals surface area contributed by atoms with Crippen LogP contribution in [0.4, 0.5) is 5.69 Å². The highest BCUT2D eigenvalue weighted by Crippen LogP contribution is 2.13. The number of methoxy groups -OCH3 is 1. The van der Waals surface area contributed by atoms with Crippen molar-refractivity contribution in [3.8, 4) is 0 Å². The van der Waals surface area contributed by atoms with Crippen LogP contribution in [0.25, 0.3) is 0 Å². The van der Waals surface area contributed by atoms with Crippen molar-refractivity contribution in [1.82, 2.24) is 9.78 Å². The number of ether oxygens (including phenoxy) is 2. The van der Waals surface area contributed by atoms with E-state index in [1.165, 1.54) is 5.56 Å². The summed E-state index contributed by atoms with van der Waals surface area (Å²) in [6, 6.07) is 18.6. The van der Waals surface area contributed by atoms with E-state index in [1.807, 2.05) is 35.1 Å². The lowest BCUT2D eigenvalue weighted by molar-refractivity contribution is 0.0617. The second-order valence-corrected chi connectivity index (χ2v) is 6.13. The number of anilines is 1. The molecule has 5 nitrogen and oxygen atoms in total. The smallest absolute Gasteiger partial charge is 0.0718 e. The summed E-state index contributed by atoms with van der Waals surface area (Å²) in [5, 5.41) is 7.89. The van der Waals surface area contributed by atoms with Crippen molar-refractivity contribution < 1.29 is 9.47 Å². The van der Waals surface area contributed by atoms with Gasteiger partial charge < -0.3 is 14.8 Å². The van der Waals surface area contributed by atoms with Gasteiger partial charge in [0.05, 0.1) is 32.6 Å². The highest BCUT2D eigenvalue weighted by Gasteiger charge is 2.01. The Bertz CT molecular complexity index is 787. The zero-order valence-electron chi connectivity index (χ0n) is 15.1. The third kappa shape index (κ3) is 5.72. The molecule has 0 amide bonds. The van der Waals surface area contributed by atoms with E-state index in [4.69, 9.17) is 9.47 Å². The molecule has 0 unspecified atom stereocenters. The lowest BCUT2D eigenvalue weighted by atomic mass is 10.2. The molecule has 26 heavy (non-hydrogen) atoms. The van der Waals surface area contributed by atoms with Gasteiger partial charge in [-0.2, -0.15) is 5.10 Å². The van der Waals surface area contributed by atoms with Crippen molar-refractivity contribution in [2.75, 3.05) is 25.6 Å². The fourth-order valence-electron chi connectivity index (χ4n) is 2.66. The van der Waals surface area contributed by atoms with Crippen molar-refractivity contribution in [3.63, 3.8) is 0 Å². The number of rotatable bonds is 10. The van der Waals surface area contributed by atoms with E-state index in [9.17, 15) is 0 Å². The molecule has 0 fully saturated rings. The van der Waals surface area contributed by atoms with Gasteiger partial charge in [-0.05, 0) is 23.3 Å². The molecule has 0 spiro atoms. The Hall–Kier alpha value is -2.63. The molecule has 1 aromatic heterocycles. The van der Waals surface area contributed by atoms with Gasteiger partial charge in [0.25, 0.3) is 0 Å². The maximum atomic E-state index is 5.57. The van der Waals surface area contributed by atoms with Crippen LogP contribution in [-0.2, 0) is 29.2 Å². The molecular formula is C21H25N3O2. The highest BCUT2D eigenvalue weighted by atomic mass is 16.5. The minimum Gasteiger partial charge on any atom is -0.382 e. The molecule has 1 N–H and O–H groups in total. The molecule has 3 aromatic rings. The Labute approximate surface area is 154 Å². The quantitative estimate of drug-likeness (QED) is 0.566. The molecule has 0 saturated carbocycles. The Morgan fingerprint density at radius 3 is 2.65 bits per heavy atom. The fraction of sp³-hybridized carbons (Fsp3) is 0.286. The van der Waals surface area contributed by atoms with Crippen molar-refractivity contribution >= 4 is 5.69 Å². The molecular weight excluding hydrogens is 326 g/mol. The maximum Gasteiger partial charge on any atom is 0.0718 e. The zero-order valence-corrected chi connectivity index (χ0v) is 15.1. The first kappa shape index (κ1) is 18.2. The Morgan fingerprint density at radius 1 is 0.962 bits per heavy atom. The predicted octanol–water partition coefficient (Wildman–Crippen LogP) is 3.71. The first-order chi connectivity index (χ1) is 12.8. The van der Waals surface area contributed by atoms with E-state index in [2.05, 4.69) is 46.9 Å². The van der Waals surface area contributed by atoms with E-state index in [0.717, 1.165) is 29.9 Å². The topological polar surface area (TPSA) is 48.3 Å². The molecule has 2 aromatic carbocycles. The van der Waals surface area contributed by atoms with Gasteiger partial charge >= 0.3 is 0 Å². The van der Waals surface area contributed by atoms with Gasteiger partial charge in [-0.15, -0.1) is 0 Å². The summed E-state index contributed by atoms with van der Waals surface area (Å²) in [7, 11) is 1.68. The summed E-state index contributed by atoms with van der Waals surface area (Å²) in [6.07, 6.45) is 3.99. The molecule has 1 heterocycles. The van der Waals surface area contributed by atoms with Gasteiger partial charge in [0, 0.05) is 31.1 Å². The lowest BCUT2D eigenvalue weighted by Gasteiger charge is -2.08. The second-order valence-electron chi connectivity index (χ2n) is 6.13. The Kier molecular flexibility index (Phi) is 6.81. The third-order valence-corrected chi connectivity index (χ3v) is 4.00. The molecule has 0 radical (unpaired) electrons. The molecule has 0 bridgehead atoms. The van der Waals surface area contributed by atoms with Gasteiger partial charge in [-0.25, -0.2) is 0 Å². The SMILES string of the molecule is COCCOCc1cccc(NCc2cnn(Cc3ccccc3)c2)c1.